The average Bonchev–Trinajstić information content (AvgIpc) is 2.96. The van der Waals surface area contributed by atoms with Gasteiger partial charge in [0.1, 0.15) is 0 Å². The number of nitrogen functional groups attached to an aromatic ring is 1. The minimum absolute atomic E-state index is 0.131. The predicted molar refractivity (Wildman–Crippen MR) is 75.6 cm³/mol. The van der Waals surface area contributed by atoms with Gasteiger partial charge in [0.15, 0.2) is 0 Å². The third kappa shape index (κ3) is 4.18. The molecule has 0 unspecified atom stereocenters. The maximum Gasteiger partial charge on any atom is 0.323 e. The fourth-order valence-electron chi connectivity index (χ4n) is 1.78. The molecule has 0 aliphatic rings. The van der Waals surface area contributed by atoms with E-state index >= 15 is 0 Å². The molecule has 0 saturated carbocycles. The number of rotatable bonds is 8. The molecule has 0 fully saturated rings. The summed E-state index contributed by atoms with van der Waals surface area (Å²) in [7, 11) is 0. The Morgan fingerprint density at radius 1 is 1.15 bits per heavy atom. The van der Waals surface area contributed by atoms with Crippen molar-refractivity contribution in [2.24, 2.45) is 0 Å². The topological polar surface area (TPSA) is 91.7 Å². The number of hydrogen-bond donors (Lipinski definition) is 1. The number of hydrogen-bond acceptors (Lipinski definition) is 6. The number of aromatic nitrogens is 5. The highest BCUT2D eigenvalue weighted by atomic mass is 16.5. The van der Waals surface area contributed by atoms with Gasteiger partial charge >= 0.3 is 6.01 Å². The van der Waals surface area contributed by atoms with Gasteiger partial charge in [-0.2, -0.15) is 20.1 Å². The van der Waals surface area contributed by atoms with Crippen molar-refractivity contribution >= 4 is 5.95 Å². The molecule has 0 amide bonds. The Morgan fingerprint density at radius 3 is 2.75 bits per heavy atom. The van der Waals surface area contributed by atoms with E-state index in [2.05, 4.69) is 27.0 Å². The minimum Gasteiger partial charge on any atom is -0.463 e. The molecule has 2 N–H and O–H groups in total. The van der Waals surface area contributed by atoms with Gasteiger partial charge in [0.2, 0.25) is 5.95 Å². The van der Waals surface area contributed by atoms with E-state index < -0.39 is 0 Å². The van der Waals surface area contributed by atoms with Crippen LogP contribution in [0.5, 0.6) is 6.01 Å². The zero-order valence-electron chi connectivity index (χ0n) is 11.7. The van der Waals surface area contributed by atoms with E-state index in [1.54, 1.807) is 18.5 Å². The molecular formula is C13H20N6O. The van der Waals surface area contributed by atoms with E-state index in [9.17, 15) is 0 Å². The summed E-state index contributed by atoms with van der Waals surface area (Å²) in [6, 6.07) is 2.03. The van der Waals surface area contributed by atoms with Crippen LogP contribution in [-0.2, 0) is 0 Å². The van der Waals surface area contributed by atoms with Crippen LogP contribution in [0.3, 0.4) is 0 Å². The normalized spacial score (nSPS) is 10.7. The summed E-state index contributed by atoms with van der Waals surface area (Å²) in [6.45, 7) is 2.78. The van der Waals surface area contributed by atoms with Gasteiger partial charge in [-0.3, -0.25) is 0 Å². The summed E-state index contributed by atoms with van der Waals surface area (Å²) in [4.78, 5) is 12.2. The SMILES string of the molecule is CCCCCCCOc1nc(N)nc(-n2cccn2)n1. The van der Waals surface area contributed by atoms with Crippen LogP contribution in [0.15, 0.2) is 18.5 Å². The second kappa shape index (κ2) is 7.42. The Balaban J connectivity index is 1.88. The van der Waals surface area contributed by atoms with E-state index in [0.717, 1.165) is 12.8 Å². The number of ether oxygens (including phenoxy) is 1. The number of unbranched alkanes of at least 4 members (excludes halogenated alkanes) is 4. The second-order valence-electron chi connectivity index (χ2n) is 4.49. The molecule has 0 bridgehead atoms. The minimum atomic E-state index is 0.131. The van der Waals surface area contributed by atoms with Crippen LogP contribution in [0.25, 0.3) is 5.95 Å². The molecule has 0 aliphatic heterocycles. The first-order valence-corrected chi connectivity index (χ1v) is 6.94. The Morgan fingerprint density at radius 2 is 2.00 bits per heavy atom. The maximum absolute atomic E-state index is 5.65. The second-order valence-corrected chi connectivity index (χ2v) is 4.49. The first-order valence-electron chi connectivity index (χ1n) is 6.94. The molecule has 7 heteroatoms. The highest BCUT2D eigenvalue weighted by molar-refractivity contribution is 5.24. The van der Waals surface area contributed by atoms with Crippen LogP contribution in [0.1, 0.15) is 39.0 Å². The van der Waals surface area contributed by atoms with Gasteiger partial charge in [0, 0.05) is 12.4 Å². The summed E-state index contributed by atoms with van der Waals surface area (Å²) in [5.74, 6) is 0.495. The van der Waals surface area contributed by atoms with Gasteiger partial charge in [-0.25, -0.2) is 4.68 Å². The summed E-state index contributed by atoms with van der Waals surface area (Å²) in [5.41, 5.74) is 5.65. The Labute approximate surface area is 118 Å². The van der Waals surface area contributed by atoms with Crippen LogP contribution in [-0.4, -0.2) is 31.3 Å². The predicted octanol–water partition coefficient (Wildman–Crippen LogP) is 1.99. The molecule has 2 aromatic rings. The zero-order chi connectivity index (χ0) is 14.2. The number of nitrogens with zero attached hydrogens (tertiary/aromatic N) is 5. The molecule has 0 saturated heterocycles. The largest absolute Gasteiger partial charge is 0.463 e. The van der Waals surface area contributed by atoms with Gasteiger partial charge in [-0.1, -0.05) is 32.6 Å². The van der Waals surface area contributed by atoms with Crippen molar-refractivity contribution in [3.8, 4) is 12.0 Å². The van der Waals surface area contributed by atoms with Gasteiger partial charge < -0.3 is 10.5 Å². The van der Waals surface area contributed by atoms with Crippen molar-refractivity contribution in [2.45, 2.75) is 39.0 Å². The summed E-state index contributed by atoms with van der Waals surface area (Å²) in [6.07, 6.45) is 9.26. The van der Waals surface area contributed by atoms with Crippen LogP contribution in [0.4, 0.5) is 5.95 Å². The van der Waals surface area contributed by atoms with Crippen LogP contribution in [0, 0.1) is 0 Å². The standard InChI is InChI=1S/C13H20N6O/c1-2-3-4-5-6-10-20-13-17-11(14)16-12(18-13)19-9-7-8-15-19/h7-9H,2-6,10H2,1H3,(H2,14,16,17,18). The number of anilines is 1. The highest BCUT2D eigenvalue weighted by Gasteiger charge is 2.07. The maximum atomic E-state index is 5.65. The van der Waals surface area contributed by atoms with Crippen LogP contribution >= 0.6 is 0 Å². The van der Waals surface area contributed by atoms with Crippen LogP contribution in [0.2, 0.25) is 0 Å². The van der Waals surface area contributed by atoms with Crippen molar-refractivity contribution in [3.05, 3.63) is 18.5 Å². The molecule has 2 rings (SSSR count). The number of nitrogens with two attached hydrogens (primary N) is 1. The van der Waals surface area contributed by atoms with E-state index in [1.165, 1.54) is 23.9 Å². The first-order chi connectivity index (χ1) is 9.79. The Hall–Kier alpha value is -2.18. The van der Waals surface area contributed by atoms with Crippen molar-refractivity contribution < 1.29 is 4.74 Å². The van der Waals surface area contributed by atoms with Gasteiger partial charge in [-0.15, -0.1) is 0 Å². The summed E-state index contributed by atoms with van der Waals surface area (Å²) >= 11 is 0. The van der Waals surface area contributed by atoms with Crippen molar-refractivity contribution in [1.29, 1.82) is 0 Å². The Bertz CT molecular complexity index is 514. The van der Waals surface area contributed by atoms with Crippen molar-refractivity contribution in [2.75, 3.05) is 12.3 Å². The molecule has 7 nitrogen and oxygen atoms in total. The lowest BCUT2D eigenvalue weighted by Gasteiger charge is -2.06. The smallest absolute Gasteiger partial charge is 0.323 e. The molecule has 0 radical (unpaired) electrons. The third-order valence-corrected chi connectivity index (χ3v) is 2.81. The fourth-order valence-corrected chi connectivity index (χ4v) is 1.78. The lowest BCUT2D eigenvalue weighted by molar-refractivity contribution is 0.280. The quantitative estimate of drug-likeness (QED) is 0.741. The fraction of sp³-hybridized carbons (Fsp3) is 0.538. The van der Waals surface area contributed by atoms with Crippen molar-refractivity contribution in [1.82, 2.24) is 24.7 Å². The van der Waals surface area contributed by atoms with E-state index in [-0.39, 0.29) is 12.0 Å². The average molecular weight is 276 g/mol. The molecule has 2 aromatic heterocycles. The van der Waals surface area contributed by atoms with E-state index in [1.807, 2.05) is 0 Å². The lowest BCUT2D eigenvalue weighted by atomic mass is 10.2. The molecule has 0 aliphatic carbocycles. The molecule has 20 heavy (non-hydrogen) atoms. The van der Waals surface area contributed by atoms with Gasteiger partial charge in [0.25, 0.3) is 5.95 Å². The van der Waals surface area contributed by atoms with E-state index in [0.29, 0.717) is 12.6 Å². The van der Waals surface area contributed by atoms with Gasteiger partial charge in [0.05, 0.1) is 6.61 Å². The molecule has 0 aromatic carbocycles. The lowest BCUT2D eigenvalue weighted by Crippen LogP contribution is -2.10. The van der Waals surface area contributed by atoms with E-state index in [4.69, 9.17) is 10.5 Å². The molecule has 0 atom stereocenters. The Kier molecular flexibility index (Phi) is 5.28. The summed E-state index contributed by atoms with van der Waals surface area (Å²) < 4.78 is 7.04. The van der Waals surface area contributed by atoms with Crippen LogP contribution < -0.4 is 10.5 Å². The molecular weight excluding hydrogens is 256 g/mol. The van der Waals surface area contributed by atoms with Crippen molar-refractivity contribution in [3.63, 3.8) is 0 Å². The monoisotopic (exact) mass is 276 g/mol. The summed E-state index contributed by atoms with van der Waals surface area (Å²) in [5, 5.41) is 4.05. The highest BCUT2D eigenvalue weighted by Crippen LogP contribution is 2.09. The zero-order valence-corrected chi connectivity index (χ0v) is 11.7. The molecule has 108 valence electrons. The van der Waals surface area contributed by atoms with Gasteiger partial charge in [-0.05, 0) is 12.5 Å². The molecule has 2 heterocycles. The first kappa shape index (κ1) is 14.2. The third-order valence-electron chi connectivity index (χ3n) is 2.81. The molecule has 0 spiro atoms.